The summed E-state index contributed by atoms with van der Waals surface area (Å²) in [7, 11) is 0. The first-order valence-corrected chi connectivity index (χ1v) is 8.19. The van der Waals surface area contributed by atoms with Crippen molar-refractivity contribution in [3.05, 3.63) is 60.2 Å². The van der Waals surface area contributed by atoms with E-state index in [1.807, 2.05) is 30.3 Å². The first kappa shape index (κ1) is 18.3. The smallest absolute Gasteiger partial charge is 0.320 e. The van der Waals surface area contributed by atoms with Crippen molar-refractivity contribution in [3.8, 4) is 22.6 Å². The predicted molar refractivity (Wildman–Crippen MR) is 97.8 cm³/mol. The summed E-state index contributed by atoms with van der Waals surface area (Å²) in [5, 5.41) is 23.5. The lowest BCUT2D eigenvalue weighted by Gasteiger charge is -2.10. The minimum absolute atomic E-state index is 0.191. The number of nitrogens with zero attached hydrogens (tertiary/aromatic N) is 3. The van der Waals surface area contributed by atoms with E-state index < -0.39 is 24.2 Å². The van der Waals surface area contributed by atoms with E-state index >= 15 is 0 Å². The number of pyridine rings is 1. The van der Waals surface area contributed by atoms with Gasteiger partial charge in [-0.25, -0.2) is 9.67 Å². The Morgan fingerprint density at radius 2 is 1.93 bits per heavy atom. The van der Waals surface area contributed by atoms with Gasteiger partial charge in [-0.2, -0.15) is 5.10 Å². The number of nitrogens with two attached hydrogens (primary N) is 1. The molecule has 0 aliphatic heterocycles. The molecule has 2 aromatic heterocycles. The fraction of sp³-hybridized carbons (Fsp3) is 0.158. The molecule has 2 heterocycles. The van der Waals surface area contributed by atoms with Gasteiger partial charge in [0, 0.05) is 35.5 Å². The minimum Gasteiger partial charge on any atom is -0.505 e. The molecule has 0 saturated heterocycles. The van der Waals surface area contributed by atoms with Crippen LogP contribution in [-0.2, 0) is 4.79 Å². The summed E-state index contributed by atoms with van der Waals surface area (Å²) in [6.07, 6.45) is 4.44. The van der Waals surface area contributed by atoms with Crippen LogP contribution >= 0.6 is 0 Å². The molecule has 3 aromatic rings. The SMILES string of the molecule is Cc1c(-c2cnn(-c3ccccc3)c2)cnc(C(=O)C[C@@H](N)C(=O)O)c1O. The molecule has 0 aliphatic rings. The van der Waals surface area contributed by atoms with Crippen molar-refractivity contribution in [1.29, 1.82) is 0 Å². The molecule has 0 radical (unpaired) electrons. The molecule has 1 atom stereocenters. The summed E-state index contributed by atoms with van der Waals surface area (Å²) in [5.41, 5.74) is 7.86. The van der Waals surface area contributed by atoms with Crippen molar-refractivity contribution in [2.75, 3.05) is 0 Å². The topological polar surface area (TPSA) is 131 Å². The second-order valence-electron chi connectivity index (χ2n) is 6.08. The van der Waals surface area contributed by atoms with E-state index in [-0.39, 0.29) is 11.4 Å². The fourth-order valence-electron chi connectivity index (χ4n) is 2.65. The number of Topliss-reactive ketones (excluding diaryl/α,β-unsaturated/α-hetero) is 1. The van der Waals surface area contributed by atoms with Crippen LogP contribution < -0.4 is 5.73 Å². The van der Waals surface area contributed by atoms with Gasteiger partial charge in [0.2, 0.25) is 0 Å². The Morgan fingerprint density at radius 3 is 2.59 bits per heavy atom. The molecule has 4 N–H and O–H groups in total. The number of para-hydroxylation sites is 1. The lowest BCUT2D eigenvalue weighted by Crippen LogP contribution is -2.32. The summed E-state index contributed by atoms with van der Waals surface area (Å²) in [5.74, 6) is -2.20. The maximum absolute atomic E-state index is 12.2. The van der Waals surface area contributed by atoms with Crippen LogP contribution in [0.2, 0.25) is 0 Å². The average Bonchev–Trinajstić information content (AvgIpc) is 3.14. The molecular formula is C19H18N4O4. The van der Waals surface area contributed by atoms with Crippen LogP contribution in [0.15, 0.2) is 48.9 Å². The standard InChI is InChI=1S/C19H18N4O4/c1-11-14(12-8-22-23(10-12)13-5-3-2-4-6-13)9-21-17(18(11)25)16(24)7-15(20)19(26)27/h2-6,8-10,15,25H,7,20H2,1H3,(H,26,27)/t15-/m1/s1. The molecule has 0 saturated carbocycles. The van der Waals surface area contributed by atoms with E-state index in [0.29, 0.717) is 11.1 Å². The van der Waals surface area contributed by atoms with Crippen LogP contribution in [-0.4, -0.2) is 42.8 Å². The third-order valence-corrected chi connectivity index (χ3v) is 4.21. The maximum atomic E-state index is 12.2. The number of benzene rings is 1. The number of aromatic hydroxyl groups is 1. The number of carboxylic acid groups (broad SMARTS) is 1. The number of hydrogen-bond donors (Lipinski definition) is 3. The quantitative estimate of drug-likeness (QED) is 0.568. The zero-order valence-electron chi connectivity index (χ0n) is 14.5. The molecule has 0 bridgehead atoms. The molecule has 8 nitrogen and oxygen atoms in total. The fourth-order valence-corrected chi connectivity index (χ4v) is 2.65. The van der Waals surface area contributed by atoms with Gasteiger partial charge < -0.3 is 15.9 Å². The molecule has 27 heavy (non-hydrogen) atoms. The first-order chi connectivity index (χ1) is 12.9. The van der Waals surface area contributed by atoms with Crippen molar-refractivity contribution in [3.63, 3.8) is 0 Å². The Hall–Kier alpha value is -3.52. The highest BCUT2D eigenvalue weighted by Gasteiger charge is 2.23. The molecule has 8 heteroatoms. The number of carbonyl (C=O) groups is 2. The number of aromatic nitrogens is 3. The Bertz CT molecular complexity index is 998. The molecule has 0 aliphatic carbocycles. The number of ketones is 1. The van der Waals surface area contributed by atoms with Crippen molar-refractivity contribution < 1.29 is 19.8 Å². The van der Waals surface area contributed by atoms with Crippen LogP contribution in [0.25, 0.3) is 16.8 Å². The van der Waals surface area contributed by atoms with Gasteiger partial charge in [-0.1, -0.05) is 18.2 Å². The highest BCUT2D eigenvalue weighted by molar-refractivity contribution is 6.00. The Kier molecular flexibility index (Phi) is 5.00. The van der Waals surface area contributed by atoms with Crippen LogP contribution in [0.1, 0.15) is 22.5 Å². The second kappa shape index (κ2) is 7.38. The predicted octanol–water partition coefficient (Wildman–Crippen LogP) is 1.93. The van der Waals surface area contributed by atoms with Crippen LogP contribution in [0.3, 0.4) is 0 Å². The van der Waals surface area contributed by atoms with E-state index in [1.165, 1.54) is 6.20 Å². The van der Waals surface area contributed by atoms with E-state index in [1.54, 1.807) is 24.0 Å². The zero-order chi connectivity index (χ0) is 19.6. The molecule has 138 valence electrons. The summed E-state index contributed by atoms with van der Waals surface area (Å²) in [6.45, 7) is 1.65. The Labute approximate surface area is 154 Å². The summed E-state index contributed by atoms with van der Waals surface area (Å²) < 4.78 is 1.69. The van der Waals surface area contributed by atoms with E-state index in [2.05, 4.69) is 10.1 Å². The molecule has 0 fully saturated rings. The molecular weight excluding hydrogens is 348 g/mol. The monoisotopic (exact) mass is 366 g/mol. The van der Waals surface area contributed by atoms with Crippen LogP contribution in [0.5, 0.6) is 5.75 Å². The number of aliphatic carboxylic acids is 1. The first-order valence-electron chi connectivity index (χ1n) is 8.19. The molecule has 3 rings (SSSR count). The van der Waals surface area contributed by atoms with Gasteiger partial charge >= 0.3 is 5.97 Å². The Balaban J connectivity index is 1.91. The van der Waals surface area contributed by atoms with Crippen molar-refractivity contribution >= 4 is 11.8 Å². The minimum atomic E-state index is -1.34. The number of rotatable bonds is 6. The summed E-state index contributed by atoms with van der Waals surface area (Å²) in [4.78, 5) is 27.0. The van der Waals surface area contributed by atoms with Crippen LogP contribution in [0, 0.1) is 6.92 Å². The molecule has 0 unspecified atom stereocenters. The third-order valence-electron chi connectivity index (χ3n) is 4.21. The van der Waals surface area contributed by atoms with Crippen molar-refractivity contribution in [1.82, 2.24) is 14.8 Å². The molecule has 0 spiro atoms. The highest BCUT2D eigenvalue weighted by atomic mass is 16.4. The number of carboxylic acids is 1. The van der Waals surface area contributed by atoms with Gasteiger partial charge in [0.25, 0.3) is 0 Å². The van der Waals surface area contributed by atoms with Crippen LogP contribution in [0.4, 0.5) is 0 Å². The van der Waals surface area contributed by atoms with Gasteiger partial charge in [0.1, 0.15) is 17.5 Å². The molecule has 0 amide bonds. The normalized spacial score (nSPS) is 11.9. The summed E-state index contributed by atoms with van der Waals surface area (Å²) >= 11 is 0. The largest absolute Gasteiger partial charge is 0.505 e. The molecule has 1 aromatic carbocycles. The average molecular weight is 366 g/mol. The maximum Gasteiger partial charge on any atom is 0.320 e. The number of carbonyl (C=O) groups excluding carboxylic acids is 1. The lowest BCUT2D eigenvalue weighted by molar-refractivity contribution is -0.138. The number of hydrogen-bond acceptors (Lipinski definition) is 6. The Morgan fingerprint density at radius 1 is 1.22 bits per heavy atom. The lowest BCUT2D eigenvalue weighted by atomic mass is 10.0. The second-order valence-corrected chi connectivity index (χ2v) is 6.08. The summed E-state index contributed by atoms with van der Waals surface area (Å²) in [6, 6.07) is 8.18. The van der Waals surface area contributed by atoms with Gasteiger partial charge in [0.05, 0.1) is 11.9 Å². The van der Waals surface area contributed by atoms with E-state index in [0.717, 1.165) is 11.3 Å². The van der Waals surface area contributed by atoms with Gasteiger partial charge in [-0.15, -0.1) is 0 Å². The third kappa shape index (κ3) is 3.70. The van der Waals surface area contributed by atoms with Gasteiger partial charge in [-0.05, 0) is 19.1 Å². The van der Waals surface area contributed by atoms with Gasteiger partial charge in [-0.3, -0.25) is 9.59 Å². The van der Waals surface area contributed by atoms with E-state index in [9.17, 15) is 14.7 Å². The zero-order valence-corrected chi connectivity index (χ0v) is 14.5. The van der Waals surface area contributed by atoms with Gasteiger partial charge in [0.15, 0.2) is 5.78 Å². The highest BCUT2D eigenvalue weighted by Crippen LogP contribution is 2.31. The van der Waals surface area contributed by atoms with Crippen molar-refractivity contribution in [2.24, 2.45) is 5.73 Å². The van der Waals surface area contributed by atoms with Crippen molar-refractivity contribution in [2.45, 2.75) is 19.4 Å². The van der Waals surface area contributed by atoms with E-state index in [4.69, 9.17) is 10.8 Å².